The minimum atomic E-state index is -4.99. The Morgan fingerprint density at radius 3 is 2.38 bits per heavy atom. The van der Waals surface area contributed by atoms with Crippen molar-refractivity contribution in [2.75, 3.05) is 30.4 Å². The van der Waals surface area contributed by atoms with E-state index < -0.39 is 46.1 Å². The number of hydrogen-bond donors (Lipinski definition) is 2. The van der Waals surface area contributed by atoms with Crippen LogP contribution in [-0.2, 0) is 6.18 Å². The van der Waals surface area contributed by atoms with Crippen molar-refractivity contribution in [2.45, 2.75) is 57.8 Å². The molecule has 2 aromatic rings. The third-order valence-electron chi connectivity index (χ3n) is 7.22. The van der Waals surface area contributed by atoms with E-state index in [4.69, 9.17) is 0 Å². The quantitative estimate of drug-likeness (QED) is 0.525. The molecule has 2 N–H and O–H groups in total. The first-order chi connectivity index (χ1) is 17.4. The van der Waals surface area contributed by atoms with Crippen LogP contribution in [0.25, 0.3) is 5.57 Å². The zero-order chi connectivity index (χ0) is 27.1. The van der Waals surface area contributed by atoms with Crippen LogP contribution >= 0.6 is 0 Å². The van der Waals surface area contributed by atoms with Crippen LogP contribution in [0.5, 0.6) is 0 Å². The lowest BCUT2D eigenvalue weighted by atomic mass is 9.92. The number of anilines is 2. The van der Waals surface area contributed by atoms with Crippen LogP contribution in [0.3, 0.4) is 0 Å². The highest BCUT2D eigenvalue weighted by Crippen LogP contribution is 2.40. The topological polar surface area (TPSA) is 68.4 Å². The summed E-state index contributed by atoms with van der Waals surface area (Å²) >= 11 is 0. The van der Waals surface area contributed by atoms with E-state index in [1.807, 2.05) is 20.9 Å². The minimum absolute atomic E-state index is 0.00943. The molecular weight excluding hydrogens is 495 g/mol. The average molecular weight is 525 g/mol. The van der Waals surface area contributed by atoms with Crippen LogP contribution in [0.1, 0.15) is 61.0 Å². The van der Waals surface area contributed by atoms with Crippen molar-refractivity contribution in [3.8, 4) is 0 Å². The Morgan fingerprint density at radius 1 is 1.11 bits per heavy atom. The SMILES string of the molecule is C[C@@H]1CN(c2cc(F)c(C3=CCCCC3)c(F)c2NC(=O)c2c[nH]c(=O)cc2C(F)(F)F)C[C@H](C)N1C. The van der Waals surface area contributed by atoms with Gasteiger partial charge < -0.3 is 15.2 Å². The molecule has 0 radical (unpaired) electrons. The molecule has 37 heavy (non-hydrogen) atoms. The molecule has 0 bridgehead atoms. The first-order valence-electron chi connectivity index (χ1n) is 12.2. The molecule has 2 aliphatic rings. The van der Waals surface area contributed by atoms with Crippen molar-refractivity contribution >= 4 is 22.9 Å². The van der Waals surface area contributed by atoms with E-state index in [2.05, 4.69) is 15.2 Å². The van der Waals surface area contributed by atoms with Gasteiger partial charge in [-0.15, -0.1) is 0 Å². The van der Waals surface area contributed by atoms with Gasteiger partial charge in [0.25, 0.3) is 5.91 Å². The largest absolute Gasteiger partial charge is 0.417 e. The molecule has 1 aromatic carbocycles. The number of likely N-dealkylation sites (N-methyl/N-ethyl adjacent to an activating group) is 1. The standard InChI is InChI=1S/C26H29F5N4O2/c1-14-12-35(13-15(2)34(14)3)20-10-19(27)22(16-7-5-4-6-8-16)23(28)24(20)33-25(37)17-11-32-21(36)9-18(17)26(29,30)31/h7,9-11,14-15H,4-6,8,12-13H2,1-3H3,(H,32,36)(H,33,37)/t14-,15+. The monoisotopic (exact) mass is 524 g/mol. The third-order valence-corrected chi connectivity index (χ3v) is 7.22. The van der Waals surface area contributed by atoms with E-state index >= 15 is 8.78 Å². The maximum absolute atomic E-state index is 16.1. The highest BCUT2D eigenvalue weighted by atomic mass is 19.4. The van der Waals surface area contributed by atoms with Gasteiger partial charge in [0, 0.05) is 43.5 Å². The van der Waals surface area contributed by atoms with Gasteiger partial charge in [-0.05, 0) is 52.2 Å². The van der Waals surface area contributed by atoms with Crippen LogP contribution in [0, 0.1) is 11.6 Å². The number of aromatic amines is 1. The van der Waals surface area contributed by atoms with E-state index in [1.54, 1.807) is 11.0 Å². The van der Waals surface area contributed by atoms with Crippen LogP contribution in [-0.4, -0.2) is 48.0 Å². The van der Waals surface area contributed by atoms with Crippen molar-refractivity contribution in [1.29, 1.82) is 0 Å². The fourth-order valence-electron chi connectivity index (χ4n) is 5.01. The lowest BCUT2D eigenvalue weighted by Gasteiger charge is -2.44. The number of carbonyl (C=O) groups excluding carboxylic acids is 1. The normalized spacial score (nSPS) is 21.1. The van der Waals surface area contributed by atoms with Gasteiger partial charge in [0.15, 0.2) is 5.82 Å². The zero-order valence-corrected chi connectivity index (χ0v) is 20.8. The van der Waals surface area contributed by atoms with Gasteiger partial charge in [-0.3, -0.25) is 14.5 Å². The van der Waals surface area contributed by atoms with Gasteiger partial charge >= 0.3 is 6.18 Å². The van der Waals surface area contributed by atoms with E-state index in [0.29, 0.717) is 37.7 Å². The molecule has 1 amide bonds. The summed E-state index contributed by atoms with van der Waals surface area (Å²) in [4.78, 5) is 30.5. The first kappa shape index (κ1) is 26.8. The number of nitrogens with one attached hydrogen (secondary N) is 2. The fourth-order valence-corrected chi connectivity index (χ4v) is 5.01. The molecule has 4 rings (SSSR count). The molecule has 0 saturated carbocycles. The lowest BCUT2D eigenvalue weighted by molar-refractivity contribution is -0.138. The second-order valence-electron chi connectivity index (χ2n) is 9.76. The predicted octanol–water partition coefficient (Wildman–Crippen LogP) is 5.41. The summed E-state index contributed by atoms with van der Waals surface area (Å²) in [6.45, 7) is 4.67. The van der Waals surface area contributed by atoms with Gasteiger partial charge in [-0.25, -0.2) is 8.78 Å². The molecule has 1 aliphatic carbocycles. The van der Waals surface area contributed by atoms with E-state index in [1.165, 1.54) is 0 Å². The molecule has 2 atom stereocenters. The van der Waals surface area contributed by atoms with Gasteiger partial charge in [0.1, 0.15) is 11.5 Å². The molecule has 6 nitrogen and oxygen atoms in total. The molecule has 1 aromatic heterocycles. The zero-order valence-electron chi connectivity index (χ0n) is 20.8. The number of nitrogens with zero attached hydrogens (tertiary/aromatic N) is 2. The summed E-state index contributed by atoms with van der Waals surface area (Å²) in [5.41, 5.74) is -3.53. The number of H-pyrrole nitrogens is 1. The molecule has 1 saturated heterocycles. The van der Waals surface area contributed by atoms with E-state index in [-0.39, 0.29) is 29.4 Å². The molecule has 1 fully saturated rings. The van der Waals surface area contributed by atoms with Crippen molar-refractivity contribution in [3.63, 3.8) is 0 Å². The molecule has 1 aliphatic heterocycles. The number of alkyl halides is 3. The molecule has 11 heteroatoms. The molecule has 0 spiro atoms. The Kier molecular flexibility index (Phi) is 7.45. The van der Waals surface area contributed by atoms with Crippen LogP contribution in [0.15, 0.2) is 29.2 Å². The van der Waals surface area contributed by atoms with Gasteiger partial charge in [0.05, 0.1) is 22.4 Å². The van der Waals surface area contributed by atoms with E-state index in [9.17, 15) is 22.8 Å². The molecule has 2 heterocycles. The Balaban J connectivity index is 1.84. The van der Waals surface area contributed by atoms with Gasteiger partial charge in [0.2, 0.25) is 5.56 Å². The second kappa shape index (κ2) is 10.3. The molecule has 200 valence electrons. The lowest BCUT2D eigenvalue weighted by Crippen LogP contribution is -2.55. The number of benzene rings is 1. The number of pyridine rings is 1. The van der Waals surface area contributed by atoms with Crippen molar-refractivity contribution < 1.29 is 26.7 Å². The fraction of sp³-hybridized carbons (Fsp3) is 0.462. The Hall–Kier alpha value is -3.21. The smallest absolute Gasteiger partial charge is 0.367 e. The maximum atomic E-state index is 16.1. The Labute approximate surface area is 211 Å². The summed E-state index contributed by atoms with van der Waals surface area (Å²) in [6.07, 6.45) is 0.127. The third kappa shape index (κ3) is 5.41. The number of allylic oxidation sites excluding steroid dienone is 2. The predicted molar refractivity (Wildman–Crippen MR) is 132 cm³/mol. The van der Waals surface area contributed by atoms with Crippen molar-refractivity contribution in [1.82, 2.24) is 9.88 Å². The second-order valence-corrected chi connectivity index (χ2v) is 9.76. The highest BCUT2D eigenvalue weighted by molar-refractivity contribution is 6.07. The Morgan fingerprint density at radius 2 is 1.78 bits per heavy atom. The minimum Gasteiger partial charge on any atom is -0.367 e. The Bertz CT molecular complexity index is 1270. The summed E-state index contributed by atoms with van der Waals surface area (Å²) < 4.78 is 72.2. The molecule has 0 unspecified atom stereocenters. The summed E-state index contributed by atoms with van der Waals surface area (Å²) in [7, 11) is 1.93. The summed E-state index contributed by atoms with van der Waals surface area (Å²) in [6, 6.07) is 1.44. The number of halogens is 5. The summed E-state index contributed by atoms with van der Waals surface area (Å²) in [5.74, 6) is -3.10. The van der Waals surface area contributed by atoms with Crippen LogP contribution in [0.4, 0.5) is 33.3 Å². The number of hydrogen-bond acceptors (Lipinski definition) is 4. The number of piperazine rings is 1. The number of amides is 1. The highest BCUT2D eigenvalue weighted by Gasteiger charge is 2.37. The van der Waals surface area contributed by atoms with Crippen LogP contribution in [0.2, 0.25) is 0 Å². The average Bonchev–Trinajstić information content (AvgIpc) is 2.83. The molecular formula is C26H29F5N4O2. The summed E-state index contributed by atoms with van der Waals surface area (Å²) in [5, 5.41) is 2.29. The number of rotatable bonds is 4. The number of aromatic nitrogens is 1. The van der Waals surface area contributed by atoms with Gasteiger partial charge in [-0.1, -0.05) is 6.08 Å². The van der Waals surface area contributed by atoms with Gasteiger partial charge in [-0.2, -0.15) is 13.2 Å². The first-order valence-corrected chi connectivity index (χ1v) is 12.2. The van der Waals surface area contributed by atoms with E-state index in [0.717, 1.165) is 18.9 Å². The van der Waals surface area contributed by atoms with Crippen molar-refractivity contribution in [3.05, 3.63) is 63.1 Å². The van der Waals surface area contributed by atoms with Crippen molar-refractivity contribution in [2.24, 2.45) is 0 Å². The number of carbonyl (C=O) groups is 1. The van der Waals surface area contributed by atoms with Crippen LogP contribution < -0.4 is 15.8 Å². The maximum Gasteiger partial charge on any atom is 0.417 e.